The second-order valence-electron chi connectivity index (χ2n) is 4.80. The van der Waals surface area contributed by atoms with Gasteiger partial charge in [0.25, 0.3) is 5.91 Å². The van der Waals surface area contributed by atoms with Crippen molar-refractivity contribution in [3.05, 3.63) is 35.4 Å². The van der Waals surface area contributed by atoms with Gasteiger partial charge >= 0.3 is 0 Å². The number of nitrogens with two attached hydrogens (primary N) is 1. The van der Waals surface area contributed by atoms with Crippen LogP contribution in [0.2, 0.25) is 0 Å². The fraction of sp³-hybridized carbons (Fsp3) is 0.429. The number of hydrogen-bond donors (Lipinski definition) is 1. The molecule has 0 radical (unpaired) electrons. The van der Waals surface area contributed by atoms with Crippen molar-refractivity contribution in [2.75, 3.05) is 26.7 Å². The van der Waals surface area contributed by atoms with Gasteiger partial charge in [-0.05, 0) is 24.1 Å². The van der Waals surface area contributed by atoms with Crippen molar-refractivity contribution in [3.8, 4) is 0 Å². The van der Waals surface area contributed by atoms with E-state index >= 15 is 0 Å². The number of amides is 2. The van der Waals surface area contributed by atoms with Gasteiger partial charge in [0.05, 0.1) is 0 Å². The van der Waals surface area contributed by atoms with Gasteiger partial charge in [0, 0.05) is 32.2 Å². The molecule has 0 aromatic heterocycles. The lowest BCUT2D eigenvalue weighted by atomic mass is 10.1. The molecule has 0 bridgehead atoms. The molecule has 0 atom stereocenters. The van der Waals surface area contributed by atoms with Crippen molar-refractivity contribution >= 4 is 11.8 Å². The summed E-state index contributed by atoms with van der Waals surface area (Å²) in [4.78, 5) is 27.4. The standard InChI is InChI=1S/C14H19N3O2/c1-16-7-2-8-17(10-13(16)18)14(19)12-5-3-11(9-15)4-6-12/h3-6H,2,7-10,15H2,1H3. The number of likely N-dealkylation sites (N-methyl/N-ethyl adjacent to an activating group) is 1. The van der Waals surface area contributed by atoms with Crippen LogP contribution >= 0.6 is 0 Å². The van der Waals surface area contributed by atoms with Gasteiger partial charge in [0.2, 0.25) is 5.91 Å². The van der Waals surface area contributed by atoms with Gasteiger partial charge in [-0.3, -0.25) is 9.59 Å². The van der Waals surface area contributed by atoms with Crippen LogP contribution in [0, 0.1) is 0 Å². The number of hydrogen-bond acceptors (Lipinski definition) is 3. The Balaban J connectivity index is 2.11. The van der Waals surface area contributed by atoms with Crippen LogP contribution in [0.5, 0.6) is 0 Å². The molecule has 1 heterocycles. The third kappa shape index (κ3) is 3.12. The minimum absolute atomic E-state index is 0.00979. The summed E-state index contributed by atoms with van der Waals surface area (Å²) in [6, 6.07) is 7.23. The van der Waals surface area contributed by atoms with Crippen LogP contribution in [0.25, 0.3) is 0 Å². The quantitative estimate of drug-likeness (QED) is 0.840. The zero-order valence-electron chi connectivity index (χ0n) is 11.1. The summed E-state index contributed by atoms with van der Waals surface area (Å²) in [5.74, 6) is -0.100. The molecule has 19 heavy (non-hydrogen) atoms. The molecule has 0 saturated carbocycles. The predicted octanol–water partition coefficient (Wildman–Crippen LogP) is 0.450. The van der Waals surface area contributed by atoms with Crippen LogP contribution in [0.15, 0.2) is 24.3 Å². The third-order valence-electron chi connectivity index (χ3n) is 3.40. The average molecular weight is 261 g/mol. The van der Waals surface area contributed by atoms with E-state index in [2.05, 4.69) is 0 Å². The molecule has 0 aliphatic carbocycles. The lowest BCUT2D eigenvalue weighted by Crippen LogP contribution is -2.38. The Morgan fingerprint density at radius 1 is 1.26 bits per heavy atom. The molecule has 102 valence electrons. The van der Waals surface area contributed by atoms with E-state index in [-0.39, 0.29) is 18.4 Å². The Kier molecular flexibility index (Phi) is 4.16. The summed E-state index contributed by atoms with van der Waals surface area (Å²) in [5.41, 5.74) is 7.12. The molecule has 0 unspecified atom stereocenters. The molecule has 2 rings (SSSR count). The fourth-order valence-electron chi connectivity index (χ4n) is 2.13. The summed E-state index contributed by atoms with van der Waals surface area (Å²) in [6.45, 7) is 1.94. The van der Waals surface area contributed by atoms with Crippen LogP contribution < -0.4 is 5.73 Å². The van der Waals surface area contributed by atoms with Gasteiger partial charge in [-0.25, -0.2) is 0 Å². The summed E-state index contributed by atoms with van der Waals surface area (Å²) >= 11 is 0. The first kappa shape index (κ1) is 13.5. The molecule has 1 aromatic carbocycles. The van der Waals surface area contributed by atoms with Crippen molar-refractivity contribution in [1.29, 1.82) is 0 Å². The molecule has 0 spiro atoms. The molecule has 1 aliphatic heterocycles. The monoisotopic (exact) mass is 261 g/mol. The van der Waals surface area contributed by atoms with E-state index < -0.39 is 0 Å². The van der Waals surface area contributed by atoms with Gasteiger partial charge in [-0.2, -0.15) is 0 Å². The largest absolute Gasteiger partial charge is 0.344 e. The fourth-order valence-corrected chi connectivity index (χ4v) is 2.13. The van der Waals surface area contributed by atoms with Crippen LogP contribution in [0.3, 0.4) is 0 Å². The third-order valence-corrected chi connectivity index (χ3v) is 3.40. The van der Waals surface area contributed by atoms with E-state index in [9.17, 15) is 9.59 Å². The SMILES string of the molecule is CN1CCCN(C(=O)c2ccc(CN)cc2)CC1=O. The maximum Gasteiger partial charge on any atom is 0.254 e. The molecule has 1 aliphatic rings. The van der Waals surface area contributed by atoms with Gasteiger partial charge in [0.1, 0.15) is 6.54 Å². The van der Waals surface area contributed by atoms with Crippen LogP contribution in [0.4, 0.5) is 0 Å². The molecule has 5 nitrogen and oxygen atoms in total. The summed E-state index contributed by atoms with van der Waals surface area (Å²) in [6.07, 6.45) is 0.814. The van der Waals surface area contributed by atoms with Crippen molar-refractivity contribution in [2.45, 2.75) is 13.0 Å². The summed E-state index contributed by atoms with van der Waals surface area (Å²) < 4.78 is 0. The summed E-state index contributed by atoms with van der Waals surface area (Å²) in [7, 11) is 1.77. The minimum atomic E-state index is -0.0905. The highest BCUT2D eigenvalue weighted by molar-refractivity contribution is 5.96. The molecule has 1 fully saturated rings. The smallest absolute Gasteiger partial charge is 0.254 e. The zero-order valence-corrected chi connectivity index (χ0v) is 11.1. The van der Waals surface area contributed by atoms with Crippen LogP contribution in [-0.4, -0.2) is 48.3 Å². The van der Waals surface area contributed by atoms with Gasteiger partial charge in [-0.15, -0.1) is 0 Å². The van der Waals surface area contributed by atoms with Crippen molar-refractivity contribution in [1.82, 2.24) is 9.80 Å². The van der Waals surface area contributed by atoms with Crippen LogP contribution in [-0.2, 0) is 11.3 Å². The van der Waals surface area contributed by atoms with E-state index in [1.54, 1.807) is 29.0 Å². The van der Waals surface area contributed by atoms with E-state index in [1.165, 1.54) is 0 Å². The number of rotatable bonds is 2. The number of nitrogens with zero attached hydrogens (tertiary/aromatic N) is 2. The Morgan fingerprint density at radius 2 is 1.95 bits per heavy atom. The first-order valence-electron chi connectivity index (χ1n) is 6.44. The molecule has 5 heteroatoms. The van der Waals surface area contributed by atoms with E-state index in [1.807, 2.05) is 12.1 Å². The predicted molar refractivity (Wildman–Crippen MR) is 72.5 cm³/mol. The van der Waals surface area contributed by atoms with Crippen molar-refractivity contribution < 1.29 is 9.59 Å². The van der Waals surface area contributed by atoms with Gasteiger partial charge in [0.15, 0.2) is 0 Å². The highest BCUT2D eigenvalue weighted by atomic mass is 16.2. The first-order chi connectivity index (χ1) is 9.11. The normalized spacial score (nSPS) is 16.4. The first-order valence-corrected chi connectivity index (χ1v) is 6.44. The maximum atomic E-state index is 12.3. The number of carbonyl (C=O) groups excluding carboxylic acids is 2. The minimum Gasteiger partial charge on any atom is -0.344 e. The average Bonchev–Trinajstić information content (AvgIpc) is 2.60. The lowest BCUT2D eigenvalue weighted by Gasteiger charge is -2.19. The zero-order chi connectivity index (χ0) is 13.8. The Labute approximate surface area is 113 Å². The van der Waals surface area contributed by atoms with E-state index in [0.717, 1.165) is 12.0 Å². The highest BCUT2D eigenvalue weighted by Crippen LogP contribution is 2.10. The molecule has 2 amide bonds. The van der Waals surface area contributed by atoms with Gasteiger partial charge in [-0.1, -0.05) is 12.1 Å². The maximum absolute atomic E-state index is 12.3. The Hall–Kier alpha value is -1.88. The molecule has 2 N–H and O–H groups in total. The highest BCUT2D eigenvalue weighted by Gasteiger charge is 2.23. The topological polar surface area (TPSA) is 66.6 Å². The lowest BCUT2D eigenvalue weighted by molar-refractivity contribution is -0.129. The molecule has 1 saturated heterocycles. The number of carbonyl (C=O) groups is 2. The second-order valence-corrected chi connectivity index (χ2v) is 4.80. The second kappa shape index (κ2) is 5.84. The van der Waals surface area contributed by atoms with Gasteiger partial charge < -0.3 is 15.5 Å². The molecular formula is C14H19N3O2. The van der Waals surface area contributed by atoms with E-state index in [4.69, 9.17) is 5.73 Å². The van der Waals surface area contributed by atoms with Crippen molar-refractivity contribution in [3.63, 3.8) is 0 Å². The van der Waals surface area contributed by atoms with Crippen LogP contribution in [0.1, 0.15) is 22.3 Å². The van der Waals surface area contributed by atoms with E-state index in [0.29, 0.717) is 25.2 Å². The van der Waals surface area contributed by atoms with Crippen molar-refractivity contribution in [2.24, 2.45) is 5.73 Å². The molecular weight excluding hydrogens is 242 g/mol. The Morgan fingerprint density at radius 3 is 2.58 bits per heavy atom. The molecule has 1 aromatic rings. The Bertz CT molecular complexity index is 470. The summed E-state index contributed by atoms with van der Waals surface area (Å²) in [5, 5.41) is 0. The number of benzene rings is 1.